The average Bonchev–Trinajstić information content (AvgIpc) is 3.41. The van der Waals surface area contributed by atoms with E-state index in [1.165, 1.54) is 40.5 Å². The second kappa shape index (κ2) is 8.64. The van der Waals surface area contributed by atoms with Crippen molar-refractivity contribution < 1.29 is 24.4 Å². The van der Waals surface area contributed by atoms with Crippen LogP contribution in [-0.4, -0.2) is 28.3 Å². The van der Waals surface area contributed by atoms with Gasteiger partial charge in [-0.15, -0.1) is 11.3 Å². The first-order chi connectivity index (χ1) is 15.4. The summed E-state index contributed by atoms with van der Waals surface area (Å²) >= 11 is 1.35. The van der Waals surface area contributed by atoms with Crippen molar-refractivity contribution >= 4 is 40.2 Å². The van der Waals surface area contributed by atoms with E-state index in [1.807, 2.05) is 12.3 Å². The number of nitro groups is 1. The second-order valence-corrected chi connectivity index (χ2v) is 7.90. The van der Waals surface area contributed by atoms with Crippen molar-refractivity contribution in [3.05, 3.63) is 92.2 Å². The highest BCUT2D eigenvalue weighted by atomic mass is 32.1. The van der Waals surface area contributed by atoms with Gasteiger partial charge in [0.15, 0.2) is 0 Å². The molecule has 4 rings (SSSR count). The van der Waals surface area contributed by atoms with E-state index in [0.717, 1.165) is 0 Å². The molecule has 1 aliphatic rings. The van der Waals surface area contributed by atoms with Gasteiger partial charge in [-0.2, -0.15) is 0 Å². The number of non-ortho nitro benzene ring substituents is 1. The van der Waals surface area contributed by atoms with E-state index in [-0.39, 0.29) is 22.6 Å². The lowest BCUT2D eigenvalue weighted by atomic mass is 9.99. The molecule has 1 unspecified atom stereocenters. The lowest BCUT2D eigenvalue weighted by Crippen LogP contribution is -2.29. The van der Waals surface area contributed by atoms with Crippen LogP contribution in [0.2, 0.25) is 0 Å². The molecule has 0 spiro atoms. The molecule has 1 N–H and O–H groups in total. The molecule has 1 saturated heterocycles. The molecule has 1 fully saturated rings. The van der Waals surface area contributed by atoms with E-state index in [2.05, 4.69) is 0 Å². The Morgan fingerprint density at radius 1 is 1.16 bits per heavy atom. The van der Waals surface area contributed by atoms with E-state index in [1.54, 1.807) is 36.4 Å². The molecule has 1 aromatic heterocycles. The van der Waals surface area contributed by atoms with Crippen LogP contribution in [0.3, 0.4) is 0 Å². The number of carbonyl (C=O) groups is 2. The Labute approximate surface area is 187 Å². The topological polar surface area (TPSA) is 110 Å². The molecule has 2 aromatic carbocycles. The van der Waals surface area contributed by atoms with Gasteiger partial charge < -0.3 is 9.84 Å². The molecule has 3 aromatic rings. The first-order valence-electron chi connectivity index (χ1n) is 9.74. The van der Waals surface area contributed by atoms with Gasteiger partial charge in [-0.3, -0.25) is 24.6 Å². The zero-order valence-corrected chi connectivity index (χ0v) is 17.7. The number of Topliss-reactive ketones (excluding diaryl/α,β-unsaturated/α-hetero) is 1. The van der Waals surface area contributed by atoms with Crippen molar-refractivity contribution in [1.29, 1.82) is 0 Å². The highest BCUT2D eigenvalue weighted by molar-refractivity contribution is 7.10. The number of carbonyl (C=O) groups excluding carboxylic acids is 2. The van der Waals surface area contributed by atoms with Crippen molar-refractivity contribution in [3.63, 3.8) is 0 Å². The molecule has 1 aliphatic heterocycles. The van der Waals surface area contributed by atoms with Crippen molar-refractivity contribution in [2.75, 3.05) is 11.5 Å². The van der Waals surface area contributed by atoms with Crippen LogP contribution in [0, 0.1) is 10.1 Å². The first-order valence-corrected chi connectivity index (χ1v) is 10.6. The number of ketones is 1. The van der Waals surface area contributed by atoms with Crippen LogP contribution in [0.1, 0.15) is 23.4 Å². The Kier molecular flexibility index (Phi) is 5.74. The van der Waals surface area contributed by atoms with Gasteiger partial charge in [-0.05, 0) is 42.6 Å². The monoisotopic (exact) mass is 450 g/mol. The molecule has 1 atom stereocenters. The number of amides is 1. The fourth-order valence-corrected chi connectivity index (χ4v) is 4.42. The summed E-state index contributed by atoms with van der Waals surface area (Å²) in [4.78, 5) is 38.5. The zero-order valence-electron chi connectivity index (χ0n) is 16.9. The van der Waals surface area contributed by atoms with Gasteiger partial charge in [0.05, 0.1) is 17.1 Å². The Morgan fingerprint density at radius 3 is 2.53 bits per heavy atom. The number of hydrogen-bond acceptors (Lipinski definition) is 7. The fourth-order valence-electron chi connectivity index (χ4n) is 3.60. The second-order valence-electron chi connectivity index (χ2n) is 6.92. The van der Waals surface area contributed by atoms with E-state index in [4.69, 9.17) is 4.74 Å². The number of aliphatic hydroxyl groups excluding tert-OH is 1. The third-order valence-electron chi connectivity index (χ3n) is 5.02. The summed E-state index contributed by atoms with van der Waals surface area (Å²) in [6, 6.07) is 14.7. The summed E-state index contributed by atoms with van der Waals surface area (Å²) in [7, 11) is 0. The molecule has 0 radical (unpaired) electrons. The number of anilines is 1. The average molecular weight is 450 g/mol. The number of hydrogen-bond donors (Lipinski definition) is 1. The fraction of sp³-hybridized carbons (Fsp3) is 0.130. The maximum absolute atomic E-state index is 13.1. The van der Waals surface area contributed by atoms with Crippen LogP contribution in [0.5, 0.6) is 5.75 Å². The van der Waals surface area contributed by atoms with Gasteiger partial charge in [0, 0.05) is 34.3 Å². The number of benzene rings is 2. The van der Waals surface area contributed by atoms with Crippen molar-refractivity contribution in [3.8, 4) is 5.75 Å². The number of thiophene rings is 1. The third kappa shape index (κ3) is 3.74. The van der Waals surface area contributed by atoms with Crippen molar-refractivity contribution in [2.45, 2.75) is 13.0 Å². The summed E-state index contributed by atoms with van der Waals surface area (Å²) < 4.78 is 5.53. The summed E-state index contributed by atoms with van der Waals surface area (Å²) in [5.41, 5.74) is 0.440. The number of aliphatic hydroxyl groups is 1. The van der Waals surface area contributed by atoms with Gasteiger partial charge in [-0.25, -0.2) is 0 Å². The van der Waals surface area contributed by atoms with E-state index in [0.29, 0.717) is 22.9 Å². The Morgan fingerprint density at radius 2 is 1.91 bits per heavy atom. The molecule has 8 nitrogen and oxygen atoms in total. The summed E-state index contributed by atoms with van der Waals surface area (Å²) in [6.45, 7) is 2.28. The lowest BCUT2D eigenvalue weighted by molar-refractivity contribution is -0.384. The molecular formula is C23H18N2O6S. The molecule has 162 valence electrons. The van der Waals surface area contributed by atoms with Crippen LogP contribution in [-0.2, 0) is 9.59 Å². The van der Waals surface area contributed by atoms with Crippen LogP contribution >= 0.6 is 11.3 Å². The van der Waals surface area contributed by atoms with Gasteiger partial charge >= 0.3 is 0 Å². The number of nitrogens with zero attached hydrogens (tertiary/aromatic N) is 2. The summed E-state index contributed by atoms with van der Waals surface area (Å²) in [5, 5.41) is 23.7. The van der Waals surface area contributed by atoms with Crippen molar-refractivity contribution in [2.24, 2.45) is 0 Å². The molecule has 0 saturated carbocycles. The maximum atomic E-state index is 13.1. The van der Waals surface area contributed by atoms with E-state index < -0.39 is 22.7 Å². The maximum Gasteiger partial charge on any atom is 0.300 e. The van der Waals surface area contributed by atoms with Gasteiger partial charge in [0.2, 0.25) is 0 Å². The highest BCUT2D eigenvalue weighted by Crippen LogP contribution is 2.44. The smallest absolute Gasteiger partial charge is 0.300 e. The Hall–Kier alpha value is -3.98. The SMILES string of the molecule is CCOc1cccc(N2C(=O)C(=O)/C(=C(\O)c3ccc([N+](=O)[O-])cc3)C2c2cccs2)c1. The third-order valence-corrected chi connectivity index (χ3v) is 5.94. The van der Waals surface area contributed by atoms with Crippen molar-refractivity contribution in [1.82, 2.24) is 0 Å². The van der Waals surface area contributed by atoms with Crippen LogP contribution in [0.4, 0.5) is 11.4 Å². The minimum Gasteiger partial charge on any atom is -0.507 e. The Bertz CT molecular complexity index is 1220. The molecule has 0 bridgehead atoms. The first kappa shape index (κ1) is 21.3. The van der Waals surface area contributed by atoms with Crippen LogP contribution in [0.25, 0.3) is 5.76 Å². The molecule has 32 heavy (non-hydrogen) atoms. The quantitative estimate of drug-likeness (QED) is 0.192. The van der Waals surface area contributed by atoms with Gasteiger partial charge in [-0.1, -0.05) is 12.1 Å². The normalized spacial score (nSPS) is 17.5. The molecular weight excluding hydrogens is 432 g/mol. The Balaban J connectivity index is 1.86. The predicted octanol–water partition coefficient (Wildman–Crippen LogP) is 4.68. The van der Waals surface area contributed by atoms with Crippen LogP contribution < -0.4 is 9.64 Å². The highest BCUT2D eigenvalue weighted by Gasteiger charge is 2.47. The lowest BCUT2D eigenvalue weighted by Gasteiger charge is -2.24. The number of nitro benzene ring substituents is 1. The predicted molar refractivity (Wildman–Crippen MR) is 120 cm³/mol. The number of ether oxygens (including phenoxy) is 1. The standard InChI is InChI=1S/C23H18N2O6S/c1-2-31-17-6-3-5-16(13-17)24-20(18-7-4-12-32-18)19(22(27)23(24)28)21(26)14-8-10-15(11-9-14)25(29)30/h3-13,20,26H,2H2,1H3/b21-19-. The van der Waals surface area contributed by atoms with E-state index in [9.17, 15) is 24.8 Å². The minimum absolute atomic E-state index is 0.0758. The van der Waals surface area contributed by atoms with Gasteiger partial charge in [0.25, 0.3) is 17.4 Å². The largest absolute Gasteiger partial charge is 0.507 e. The number of rotatable bonds is 6. The molecule has 1 amide bonds. The molecule has 2 heterocycles. The summed E-state index contributed by atoms with van der Waals surface area (Å²) in [5.74, 6) is -1.45. The van der Waals surface area contributed by atoms with E-state index >= 15 is 0 Å². The van der Waals surface area contributed by atoms with Crippen LogP contribution in [0.15, 0.2) is 71.6 Å². The zero-order chi connectivity index (χ0) is 22.8. The minimum atomic E-state index is -0.845. The summed E-state index contributed by atoms with van der Waals surface area (Å²) in [6.07, 6.45) is 0. The molecule has 0 aliphatic carbocycles. The molecule has 9 heteroatoms. The van der Waals surface area contributed by atoms with Gasteiger partial charge in [0.1, 0.15) is 17.6 Å².